The monoisotopic (exact) mass is 166 g/mol. The predicted molar refractivity (Wildman–Crippen MR) is 5.75 cm³/mol. The normalized spacial score (nSPS) is 0. The molecule has 0 fully saturated rings. The zero-order valence-corrected chi connectivity index (χ0v) is 5.88. The van der Waals surface area contributed by atoms with Gasteiger partial charge in [-0.15, -0.1) is 0 Å². The van der Waals surface area contributed by atoms with Crippen LogP contribution in [0.3, 0.4) is 0 Å². The minimum absolute atomic E-state index is 0. The van der Waals surface area contributed by atoms with Crippen molar-refractivity contribution < 1.29 is 56.1 Å². The predicted octanol–water partition coefficient (Wildman–Crippen LogP) is -0.388. The third-order valence-corrected chi connectivity index (χ3v) is 0. The molecule has 4 heteroatoms. The number of hydrogen-bond donors (Lipinski definition) is 0. The first-order valence-electron chi connectivity index (χ1n) is 0. The van der Waals surface area contributed by atoms with E-state index in [0.717, 1.165) is 0 Å². The zero-order valence-electron chi connectivity index (χ0n) is 1.86. The first kappa shape index (κ1) is 40.6. The van der Waals surface area contributed by atoms with Crippen LogP contribution in [0.5, 0.6) is 0 Å². The van der Waals surface area contributed by atoms with E-state index in [1.54, 1.807) is 0 Å². The molecule has 0 aromatic heterocycles. The van der Waals surface area contributed by atoms with Gasteiger partial charge in [-0.25, -0.2) is 0 Å². The average molecular weight is 166 g/mol. The largest absolute Gasteiger partial charge is 0 e. The van der Waals surface area contributed by atoms with Crippen LogP contribution in [0, 0.1) is 0 Å². The van der Waals surface area contributed by atoms with Gasteiger partial charge in [-0.2, -0.15) is 0 Å². The molecule has 0 aromatic carbocycles. The van der Waals surface area contributed by atoms with E-state index >= 15 is 0 Å². The third kappa shape index (κ3) is 9.16. The molecule has 0 rings (SSSR count). The van der Waals surface area contributed by atoms with Crippen LogP contribution in [0.2, 0.25) is 0 Å². The fraction of sp³-hybridized carbons (Fsp3) is 0. The third-order valence-electron chi connectivity index (χ3n) is 0. The second kappa shape index (κ2) is 21.1. The number of hydrogen-bond acceptors (Lipinski definition) is 0. The molecule has 0 aliphatic carbocycles. The first-order valence-corrected chi connectivity index (χ1v) is 0. The van der Waals surface area contributed by atoms with Crippen molar-refractivity contribution in [1.29, 1.82) is 0 Å². The van der Waals surface area contributed by atoms with Crippen molar-refractivity contribution in [1.82, 2.24) is 0 Å². The molecule has 0 bridgehead atoms. The molecule has 0 aromatic rings. The summed E-state index contributed by atoms with van der Waals surface area (Å²) in [5.41, 5.74) is 0. The van der Waals surface area contributed by atoms with Crippen LogP contribution < -0.4 is 0 Å². The van der Waals surface area contributed by atoms with Gasteiger partial charge in [-0.1, -0.05) is 0 Å². The maximum absolute atomic E-state index is 0. The Morgan fingerprint density at radius 3 is 1.00 bits per heavy atom. The summed E-state index contributed by atoms with van der Waals surface area (Å²) in [6.07, 6.45) is 0. The van der Waals surface area contributed by atoms with Crippen molar-refractivity contribution in [3.05, 3.63) is 0 Å². The summed E-state index contributed by atoms with van der Waals surface area (Å²) < 4.78 is 0. The standard InChI is InChI=1S/B.Cr.Mn.Ti. The van der Waals surface area contributed by atoms with E-state index in [9.17, 15) is 0 Å². The van der Waals surface area contributed by atoms with Crippen molar-refractivity contribution >= 4 is 8.41 Å². The van der Waals surface area contributed by atoms with Gasteiger partial charge in [-0.3, -0.25) is 0 Å². The molecule has 0 nitrogen and oxygen atoms in total. The molecule has 0 unspecified atom stereocenters. The maximum atomic E-state index is 0. The van der Waals surface area contributed by atoms with Crippen LogP contribution in [0.4, 0.5) is 0 Å². The SMILES string of the molecule is [B].[Cr].[Mn].[Ti]. The average Bonchev–Trinajstić information content (AvgIpc) is 0. The van der Waals surface area contributed by atoms with E-state index in [0.29, 0.717) is 0 Å². The van der Waals surface area contributed by atoms with Crippen LogP contribution in [-0.4, -0.2) is 8.41 Å². The molecule has 4 radical (unpaired) electrons. The van der Waals surface area contributed by atoms with Crippen LogP contribution >= 0.6 is 0 Å². The molecule has 0 aliphatic heterocycles. The Bertz CT molecular complexity index is 8.00. The van der Waals surface area contributed by atoms with Gasteiger partial charge in [0.05, 0.1) is 0 Å². The van der Waals surface area contributed by atoms with Gasteiger partial charge in [0.2, 0.25) is 0 Å². The molecular formula is BCrMnTi. The second-order valence-electron chi connectivity index (χ2n) is 0. The van der Waals surface area contributed by atoms with Gasteiger partial charge in [0.15, 0.2) is 0 Å². The van der Waals surface area contributed by atoms with E-state index in [-0.39, 0.29) is 64.6 Å². The van der Waals surface area contributed by atoms with Gasteiger partial charge in [0, 0.05) is 64.6 Å². The summed E-state index contributed by atoms with van der Waals surface area (Å²) in [7, 11) is 0. The van der Waals surface area contributed by atoms with Crippen LogP contribution in [0.25, 0.3) is 0 Å². The first-order chi connectivity index (χ1) is 0. The molecule has 0 heterocycles. The summed E-state index contributed by atoms with van der Waals surface area (Å²) in [5.74, 6) is 0. The van der Waals surface area contributed by atoms with Crippen molar-refractivity contribution in [2.45, 2.75) is 0 Å². The van der Waals surface area contributed by atoms with Crippen molar-refractivity contribution in [3.63, 3.8) is 0 Å². The Balaban J connectivity index is 0. The van der Waals surface area contributed by atoms with E-state index < -0.39 is 0 Å². The fourth-order valence-corrected chi connectivity index (χ4v) is 0. The molecule has 4 heavy (non-hydrogen) atoms. The number of rotatable bonds is 0. The molecule has 0 saturated carbocycles. The molecule has 0 saturated heterocycles. The summed E-state index contributed by atoms with van der Waals surface area (Å²) in [6, 6.07) is 0. The van der Waals surface area contributed by atoms with E-state index in [4.69, 9.17) is 0 Å². The Kier molecular flexibility index (Phi) is 215. The molecule has 0 spiro atoms. The Hall–Kier alpha value is 1.83. The summed E-state index contributed by atoms with van der Waals surface area (Å²) in [4.78, 5) is 0. The molecule has 20 valence electrons. The topological polar surface area (TPSA) is 0 Å². The Morgan fingerprint density at radius 2 is 1.00 bits per heavy atom. The Labute approximate surface area is 64.2 Å². The summed E-state index contributed by atoms with van der Waals surface area (Å²) in [6.45, 7) is 0. The molecule has 0 N–H and O–H groups in total. The molecule has 0 aliphatic rings. The van der Waals surface area contributed by atoms with Crippen molar-refractivity contribution in [3.8, 4) is 0 Å². The molecule has 0 amide bonds. The molecular weight excluding hydrogens is 166 g/mol. The van der Waals surface area contributed by atoms with Gasteiger partial charge in [-0.05, 0) is 0 Å². The van der Waals surface area contributed by atoms with Gasteiger partial charge >= 0.3 is 0 Å². The maximum Gasteiger partial charge on any atom is 0 e. The van der Waals surface area contributed by atoms with Gasteiger partial charge in [0.25, 0.3) is 0 Å². The zero-order chi connectivity index (χ0) is 0. The van der Waals surface area contributed by atoms with E-state index in [1.807, 2.05) is 0 Å². The minimum Gasteiger partial charge on any atom is 0 e. The van der Waals surface area contributed by atoms with Crippen LogP contribution in [-0.2, 0) is 56.1 Å². The fourth-order valence-electron chi connectivity index (χ4n) is 0. The van der Waals surface area contributed by atoms with Crippen LogP contribution in [0.1, 0.15) is 0 Å². The summed E-state index contributed by atoms with van der Waals surface area (Å²) >= 11 is 0. The summed E-state index contributed by atoms with van der Waals surface area (Å²) in [5, 5.41) is 0. The minimum atomic E-state index is 0. The second-order valence-corrected chi connectivity index (χ2v) is 0. The van der Waals surface area contributed by atoms with E-state index in [2.05, 4.69) is 0 Å². The quantitative estimate of drug-likeness (QED) is 0.429. The van der Waals surface area contributed by atoms with E-state index in [1.165, 1.54) is 0 Å². The van der Waals surface area contributed by atoms with Crippen LogP contribution in [0.15, 0.2) is 0 Å². The van der Waals surface area contributed by atoms with Crippen molar-refractivity contribution in [2.24, 2.45) is 0 Å². The van der Waals surface area contributed by atoms with Gasteiger partial charge < -0.3 is 0 Å². The van der Waals surface area contributed by atoms with Crippen molar-refractivity contribution in [2.75, 3.05) is 0 Å². The molecule has 0 atom stereocenters. The smallest absolute Gasteiger partial charge is 0 e. The van der Waals surface area contributed by atoms with Gasteiger partial charge in [0.1, 0.15) is 0 Å². The Morgan fingerprint density at radius 1 is 1.00 bits per heavy atom.